The van der Waals surface area contributed by atoms with E-state index in [0.717, 1.165) is 0 Å². The topological polar surface area (TPSA) is 58.9 Å². The zero-order valence-electron chi connectivity index (χ0n) is 13.4. The van der Waals surface area contributed by atoms with Crippen molar-refractivity contribution >= 4 is 0 Å². The van der Waals surface area contributed by atoms with Gasteiger partial charge in [-0.05, 0) is 24.3 Å². The Morgan fingerprint density at radius 2 is 1.04 bits per heavy atom. The Labute approximate surface area is 142 Å². The molecule has 24 heavy (non-hydrogen) atoms. The molecule has 2 rings (SSSR count). The summed E-state index contributed by atoms with van der Waals surface area (Å²) in [4.78, 5) is 0. The second-order valence-corrected chi connectivity index (χ2v) is 5.15. The van der Waals surface area contributed by atoms with Gasteiger partial charge in [0.05, 0.1) is 0 Å². The molecule has 0 aliphatic rings. The third kappa shape index (κ3) is 7.13. The van der Waals surface area contributed by atoms with Crippen molar-refractivity contribution in [3.8, 4) is 11.5 Å². The minimum absolute atomic E-state index is 0.175. The number of rotatable bonds is 9. The van der Waals surface area contributed by atoms with Gasteiger partial charge in [0.25, 0.3) is 0 Å². The van der Waals surface area contributed by atoms with Gasteiger partial charge in [-0.1, -0.05) is 60.7 Å². The monoisotopic (exact) mass is 326 g/mol. The molecule has 0 saturated carbocycles. The summed E-state index contributed by atoms with van der Waals surface area (Å²) in [7, 11) is 0. The Balaban J connectivity index is 1.65. The first kappa shape index (κ1) is 17.8. The molecule has 0 fully saturated rings. The fourth-order valence-electron chi connectivity index (χ4n) is 1.89. The molecule has 0 radical (unpaired) electrons. The van der Waals surface area contributed by atoms with E-state index in [9.17, 15) is 10.2 Å². The molecule has 0 bridgehead atoms. The van der Waals surface area contributed by atoms with Gasteiger partial charge in [-0.3, -0.25) is 0 Å². The van der Waals surface area contributed by atoms with Crippen molar-refractivity contribution in [2.75, 3.05) is 13.2 Å². The van der Waals surface area contributed by atoms with Crippen molar-refractivity contribution in [2.24, 2.45) is 0 Å². The summed E-state index contributed by atoms with van der Waals surface area (Å²) < 4.78 is 10.9. The third-order valence-electron chi connectivity index (χ3n) is 3.11. The fraction of sp³-hybridized carbons (Fsp3) is 0.200. The maximum absolute atomic E-state index is 9.79. The van der Waals surface area contributed by atoms with Gasteiger partial charge < -0.3 is 19.7 Å². The van der Waals surface area contributed by atoms with Crippen LogP contribution in [0, 0.1) is 0 Å². The van der Waals surface area contributed by atoms with Crippen LogP contribution in [0.25, 0.3) is 0 Å². The average molecular weight is 326 g/mol. The van der Waals surface area contributed by atoms with Crippen LogP contribution in [0.5, 0.6) is 11.5 Å². The summed E-state index contributed by atoms with van der Waals surface area (Å²) >= 11 is 0. The van der Waals surface area contributed by atoms with E-state index in [2.05, 4.69) is 0 Å². The Hall–Kier alpha value is -2.56. The molecule has 0 amide bonds. The molecule has 0 heterocycles. The minimum Gasteiger partial charge on any atom is -0.491 e. The highest BCUT2D eigenvalue weighted by Crippen LogP contribution is 2.09. The molecule has 0 aliphatic carbocycles. The van der Waals surface area contributed by atoms with Crippen molar-refractivity contribution in [1.82, 2.24) is 0 Å². The van der Waals surface area contributed by atoms with Crippen LogP contribution in [0.4, 0.5) is 0 Å². The van der Waals surface area contributed by atoms with Crippen molar-refractivity contribution in [1.29, 1.82) is 0 Å². The molecule has 2 aromatic carbocycles. The van der Waals surface area contributed by atoms with Crippen LogP contribution in [0.3, 0.4) is 0 Å². The molecule has 4 heteroatoms. The molecule has 0 aliphatic heterocycles. The van der Waals surface area contributed by atoms with Crippen molar-refractivity contribution in [3.63, 3.8) is 0 Å². The maximum Gasteiger partial charge on any atom is 0.119 e. The highest BCUT2D eigenvalue weighted by Gasteiger charge is 2.01. The lowest BCUT2D eigenvalue weighted by atomic mass is 10.3. The van der Waals surface area contributed by atoms with Gasteiger partial charge in [0.1, 0.15) is 36.9 Å². The predicted molar refractivity (Wildman–Crippen MR) is 94.2 cm³/mol. The summed E-state index contributed by atoms with van der Waals surface area (Å²) in [6, 6.07) is 18.6. The van der Waals surface area contributed by atoms with Crippen LogP contribution in [0.1, 0.15) is 0 Å². The predicted octanol–water partition coefficient (Wildman–Crippen LogP) is 2.98. The second kappa shape index (κ2) is 10.3. The zero-order valence-corrected chi connectivity index (χ0v) is 13.4. The van der Waals surface area contributed by atoms with Crippen LogP contribution >= 0.6 is 0 Å². The average Bonchev–Trinajstić information content (AvgIpc) is 2.63. The lowest BCUT2D eigenvalue weighted by molar-refractivity contribution is 0.143. The molecule has 2 aromatic rings. The van der Waals surface area contributed by atoms with E-state index < -0.39 is 12.2 Å². The van der Waals surface area contributed by atoms with Crippen molar-refractivity contribution < 1.29 is 19.7 Å². The number of hydrogen-bond acceptors (Lipinski definition) is 4. The Morgan fingerprint density at radius 3 is 1.42 bits per heavy atom. The molecule has 0 spiro atoms. The summed E-state index contributed by atoms with van der Waals surface area (Å²) in [5.74, 6) is 1.43. The first-order valence-electron chi connectivity index (χ1n) is 7.81. The number of para-hydroxylation sites is 2. The van der Waals surface area contributed by atoms with Crippen LogP contribution < -0.4 is 9.47 Å². The number of aliphatic hydroxyl groups is 2. The molecular weight excluding hydrogens is 304 g/mol. The number of allylic oxidation sites excluding steroid dienone is 2. The Morgan fingerprint density at radius 1 is 0.667 bits per heavy atom. The van der Waals surface area contributed by atoms with Crippen LogP contribution in [-0.2, 0) is 0 Å². The lowest BCUT2D eigenvalue weighted by Gasteiger charge is -2.09. The number of aliphatic hydroxyl groups excluding tert-OH is 2. The van der Waals surface area contributed by atoms with Gasteiger partial charge in [-0.2, -0.15) is 0 Å². The highest BCUT2D eigenvalue weighted by atomic mass is 16.5. The molecule has 2 N–H and O–H groups in total. The van der Waals surface area contributed by atoms with Crippen LogP contribution in [0.15, 0.2) is 85.0 Å². The smallest absolute Gasteiger partial charge is 0.119 e. The largest absolute Gasteiger partial charge is 0.491 e. The maximum atomic E-state index is 9.79. The van der Waals surface area contributed by atoms with E-state index in [1.807, 2.05) is 60.7 Å². The molecule has 2 atom stereocenters. The zero-order chi connectivity index (χ0) is 17.0. The number of hydrogen-bond donors (Lipinski definition) is 2. The Bertz CT molecular complexity index is 565. The second-order valence-electron chi connectivity index (χ2n) is 5.15. The van der Waals surface area contributed by atoms with Gasteiger partial charge in [0, 0.05) is 0 Å². The first-order valence-corrected chi connectivity index (χ1v) is 7.81. The molecule has 2 unspecified atom stereocenters. The quantitative estimate of drug-likeness (QED) is 0.696. The fourth-order valence-corrected chi connectivity index (χ4v) is 1.89. The molecule has 126 valence electrons. The van der Waals surface area contributed by atoms with Crippen molar-refractivity contribution in [2.45, 2.75) is 12.2 Å². The first-order chi connectivity index (χ1) is 11.7. The lowest BCUT2D eigenvalue weighted by Crippen LogP contribution is -2.15. The molecule has 0 aromatic heterocycles. The molecule has 4 nitrogen and oxygen atoms in total. The highest BCUT2D eigenvalue weighted by molar-refractivity contribution is 5.22. The third-order valence-corrected chi connectivity index (χ3v) is 3.11. The summed E-state index contributed by atoms with van der Waals surface area (Å²) in [5, 5.41) is 19.6. The number of benzene rings is 2. The molecular formula is C20H22O4. The van der Waals surface area contributed by atoms with Crippen LogP contribution in [0.2, 0.25) is 0 Å². The summed E-state index contributed by atoms with van der Waals surface area (Å²) in [5.41, 5.74) is 0. The summed E-state index contributed by atoms with van der Waals surface area (Å²) in [6.45, 7) is 0.349. The van der Waals surface area contributed by atoms with E-state index in [-0.39, 0.29) is 13.2 Å². The van der Waals surface area contributed by atoms with Gasteiger partial charge in [0.15, 0.2) is 0 Å². The Kier molecular flexibility index (Phi) is 7.60. The van der Waals surface area contributed by atoms with Crippen LogP contribution in [-0.4, -0.2) is 35.6 Å². The van der Waals surface area contributed by atoms with E-state index in [1.54, 1.807) is 24.3 Å². The van der Waals surface area contributed by atoms with Gasteiger partial charge in [-0.25, -0.2) is 0 Å². The molecule has 0 saturated heterocycles. The van der Waals surface area contributed by atoms with Gasteiger partial charge in [-0.15, -0.1) is 0 Å². The SMILES string of the molecule is OC(/C=C/C=C/C(O)COc1ccccc1)COc1ccccc1. The van der Waals surface area contributed by atoms with E-state index >= 15 is 0 Å². The van der Waals surface area contributed by atoms with Gasteiger partial charge >= 0.3 is 0 Å². The van der Waals surface area contributed by atoms with E-state index in [0.29, 0.717) is 11.5 Å². The number of ether oxygens (including phenoxy) is 2. The van der Waals surface area contributed by atoms with Crippen molar-refractivity contribution in [3.05, 3.63) is 85.0 Å². The van der Waals surface area contributed by atoms with E-state index in [1.165, 1.54) is 0 Å². The minimum atomic E-state index is -0.715. The van der Waals surface area contributed by atoms with Gasteiger partial charge in [0.2, 0.25) is 0 Å². The normalized spacial score (nSPS) is 13.9. The van der Waals surface area contributed by atoms with E-state index in [4.69, 9.17) is 9.47 Å². The standard InChI is InChI=1S/C20H22O4/c21-17(15-23-19-11-3-1-4-12-19)9-7-8-10-18(22)16-24-20-13-5-2-6-14-20/h1-14,17-18,21-22H,15-16H2/b9-7+,10-8+. The summed E-state index contributed by atoms with van der Waals surface area (Å²) in [6.07, 6.45) is 5.12.